The molecule has 1 aliphatic heterocycles. The number of nitrogens with two attached hydrogens (primary N) is 1. The van der Waals surface area contributed by atoms with E-state index in [2.05, 4.69) is 5.32 Å². The van der Waals surface area contributed by atoms with Crippen molar-refractivity contribution in [3.63, 3.8) is 0 Å². The van der Waals surface area contributed by atoms with E-state index in [0.717, 1.165) is 24.4 Å². The third-order valence-electron chi connectivity index (χ3n) is 2.36. The summed E-state index contributed by atoms with van der Waals surface area (Å²) in [5, 5.41) is 12.7. The summed E-state index contributed by atoms with van der Waals surface area (Å²) in [6.07, 6.45) is 0.724. The van der Waals surface area contributed by atoms with Crippen LogP contribution in [0.2, 0.25) is 0 Å². The summed E-state index contributed by atoms with van der Waals surface area (Å²) in [4.78, 5) is 10.6. The van der Waals surface area contributed by atoms with E-state index in [0.29, 0.717) is 6.54 Å². The predicted octanol–water partition coefficient (Wildman–Crippen LogP) is -0.0178. The van der Waals surface area contributed by atoms with Crippen LogP contribution in [0, 0.1) is 0 Å². The average molecular weight is 173 g/mol. The minimum atomic E-state index is -1.07. The Kier molecular flexibility index (Phi) is 2.54. The van der Waals surface area contributed by atoms with Crippen LogP contribution < -0.4 is 11.2 Å². The topological polar surface area (TPSA) is 78.6 Å². The number of carboxylic acid groups (broad SMARTS) is 1. The van der Waals surface area contributed by atoms with Crippen molar-refractivity contribution in [1.29, 1.82) is 0 Å². The Hall–Kier alpha value is -0.810. The number of hydrogen-bond acceptors (Lipinski definition) is 3. The molecule has 0 aromatic rings. The van der Waals surface area contributed by atoms with Crippen LogP contribution in [0.1, 0.15) is 19.8 Å². The normalized spacial score (nSPS) is 29.8. The minimum absolute atomic E-state index is 0.440. The molecule has 1 unspecified atom stereocenters. The maximum atomic E-state index is 10.6. The van der Waals surface area contributed by atoms with Gasteiger partial charge in [0.25, 0.3) is 0 Å². The molecule has 1 fully saturated rings. The van der Waals surface area contributed by atoms with Crippen LogP contribution in [0.4, 0.5) is 4.79 Å². The van der Waals surface area contributed by atoms with Gasteiger partial charge in [0.05, 0.1) is 5.54 Å². The third-order valence-corrected chi connectivity index (χ3v) is 2.36. The van der Waals surface area contributed by atoms with Crippen LogP contribution in [-0.2, 0) is 0 Å². The maximum absolute atomic E-state index is 10.6. The van der Waals surface area contributed by atoms with Gasteiger partial charge in [-0.15, -0.1) is 0 Å². The number of hydrogen-bond donors (Lipinski definition) is 3. The van der Waals surface area contributed by atoms with Crippen molar-refractivity contribution in [3.8, 4) is 0 Å². The molecule has 0 saturated carbocycles. The van der Waals surface area contributed by atoms with E-state index in [9.17, 15) is 4.79 Å². The SMILES string of the molecule is CC1(N(N)C(=O)O)CCCNC1. The molecule has 5 nitrogen and oxygen atoms in total. The molecule has 1 amide bonds. The van der Waals surface area contributed by atoms with Gasteiger partial charge in [0, 0.05) is 6.54 Å². The molecule has 1 atom stereocenters. The highest BCUT2D eigenvalue weighted by atomic mass is 16.4. The highest BCUT2D eigenvalue weighted by Crippen LogP contribution is 2.20. The van der Waals surface area contributed by atoms with E-state index in [1.54, 1.807) is 0 Å². The van der Waals surface area contributed by atoms with Gasteiger partial charge in [-0.05, 0) is 26.3 Å². The van der Waals surface area contributed by atoms with Crippen LogP contribution >= 0.6 is 0 Å². The van der Waals surface area contributed by atoms with Crippen LogP contribution in [0.5, 0.6) is 0 Å². The lowest BCUT2D eigenvalue weighted by atomic mass is 9.92. The van der Waals surface area contributed by atoms with E-state index < -0.39 is 11.6 Å². The molecule has 0 aromatic heterocycles. The minimum Gasteiger partial charge on any atom is -0.464 e. The first-order valence-electron chi connectivity index (χ1n) is 4.05. The zero-order valence-electron chi connectivity index (χ0n) is 7.21. The van der Waals surface area contributed by atoms with Gasteiger partial charge in [0.2, 0.25) is 0 Å². The molecule has 12 heavy (non-hydrogen) atoms. The lowest BCUT2D eigenvalue weighted by Gasteiger charge is -2.39. The van der Waals surface area contributed by atoms with Crippen molar-refractivity contribution >= 4 is 6.09 Å². The van der Waals surface area contributed by atoms with Crippen LogP contribution in [0.15, 0.2) is 0 Å². The smallest absolute Gasteiger partial charge is 0.422 e. The largest absolute Gasteiger partial charge is 0.464 e. The molecular formula is C7H15N3O2. The molecule has 0 aromatic carbocycles. The average Bonchev–Trinajstić information content (AvgIpc) is 2.04. The van der Waals surface area contributed by atoms with Crippen molar-refractivity contribution in [3.05, 3.63) is 0 Å². The van der Waals surface area contributed by atoms with Gasteiger partial charge in [0.15, 0.2) is 0 Å². The third kappa shape index (κ3) is 1.67. The molecule has 5 heteroatoms. The number of hydrazine groups is 1. The summed E-state index contributed by atoms with van der Waals surface area (Å²) in [6.45, 7) is 3.44. The standard InChI is InChI=1S/C7H15N3O2/c1-7(10(8)6(11)12)3-2-4-9-5-7/h9H,2-5,8H2,1H3,(H,11,12). The van der Waals surface area contributed by atoms with E-state index >= 15 is 0 Å². The van der Waals surface area contributed by atoms with Gasteiger partial charge in [-0.2, -0.15) is 0 Å². The monoisotopic (exact) mass is 173 g/mol. The van der Waals surface area contributed by atoms with Gasteiger partial charge in [-0.25, -0.2) is 15.6 Å². The highest BCUT2D eigenvalue weighted by molar-refractivity contribution is 5.65. The van der Waals surface area contributed by atoms with Crippen LogP contribution in [0.3, 0.4) is 0 Å². The number of amides is 1. The summed E-state index contributed by atoms with van der Waals surface area (Å²) < 4.78 is 0. The van der Waals surface area contributed by atoms with Crippen molar-refractivity contribution in [1.82, 2.24) is 10.3 Å². The molecule has 1 saturated heterocycles. The maximum Gasteiger partial charge on any atom is 0.422 e. The van der Waals surface area contributed by atoms with Gasteiger partial charge in [0.1, 0.15) is 0 Å². The Morgan fingerprint density at radius 2 is 2.42 bits per heavy atom. The fraction of sp³-hybridized carbons (Fsp3) is 0.857. The van der Waals surface area contributed by atoms with Crippen LogP contribution in [-0.4, -0.2) is 34.8 Å². The van der Waals surface area contributed by atoms with E-state index in [1.807, 2.05) is 6.92 Å². The van der Waals surface area contributed by atoms with E-state index in [1.165, 1.54) is 0 Å². The first-order chi connectivity index (χ1) is 5.56. The second-order valence-electron chi connectivity index (χ2n) is 3.43. The highest BCUT2D eigenvalue weighted by Gasteiger charge is 2.34. The fourth-order valence-corrected chi connectivity index (χ4v) is 1.48. The Bertz CT molecular complexity index is 177. The van der Waals surface area contributed by atoms with E-state index in [-0.39, 0.29) is 0 Å². The molecule has 1 aliphatic rings. The molecule has 0 aliphatic carbocycles. The van der Waals surface area contributed by atoms with Crippen molar-refractivity contribution in [2.75, 3.05) is 13.1 Å². The Morgan fingerprint density at radius 1 is 1.75 bits per heavy atom. The summed E-state index contributed by atoms with van der Waals surface area (Å²) in [5.41, 5.74) is -0.440. The number of nitrogens with zero attached hydrogens (tertiary/aromatic N) is 1. The van der Waals surface area contributed by atoms with E-state index in [4.69, 9.17) is 10.9 Å². The molecule has 0 radical (unpaired) electrons. The van der Waals surface area contributed by atoms with Crippen molar-refractivity contribution in [2.45, 2.75) is 25.3 Å². The first-order valence-corrected chi connectivity index (χ1v) is 4.05. The van der Waals surface area contributed by atoms with Gasteiger partial charge >= 0.3 is 6.09 Å². The number of rotatable bonds is 1. The summed E-state index contributed by atoms with van der Waals surface area (Å²) in [5.74, 6) is 5.42. The van der Waals surface area contributed by atoms with Gasteiger partial charge in [-0.1, -0.05) is 0 Å². The molecule has 0 spiro atoms. The zero-order valence-corrected chi connectivity index (χ0v) is 7.21. The summed E-state index contributed by atoms with van der Waals surface area (Å²) >= 11 is 0. The Morgan fingerprint density at radius 3 is 2.83 bits per heavy atom. The molecule has 1 rings (SSSR count). The lowest BCUT2D eigenvalue weighted by molar-refractivity contribution is 0.0683. The molecule has 4 N–H and O–H groups in total. The molecule has 1 heterocycles. The molecular weight excluding hydrogens is 158 g/mol. The summed E-state index contributed by atoms with van der Waals surface area (Å²) in [7, 11) is 0. The number of nitrogens with one attached hydrogen (secondary N) is 1. The second-order valence-corrected chi connectivity index (χ2v) is 3.43. The Balaban J connectivity index is 2.62. The van der Waals surface area contributed by atoms with Gasteiger partial charge in [-0.3, -0.25) is 0 Å². The predicted molar refractivity (Wildman–Crippen MR) is 44.6 cm³/mol. The van der Waals surface area contributed by atoms with Crippen molar-refractivity contribution < 1.29 is 9.90 Å². The molecule has 70 valence electrons. The van der Waals surface area contributed by atoms with Crippen molar-refractivity contribution in [2.24, 2.45) is 5.84 Å². The lowest BCUT2D eigenvalue weighted by Crippen LogP contribution is -2.60. The summed E-state index contributed by atoms with van der Waals surface area (Å²) in [6, 6.07) is 0. The first kappa shape index (κ1) is 9.28. The molecule has 0 bridgehead atoms. The number of piperidine rings is 1. The fourth-order valence-electron chi connectivity index (χ4n) is 1.48. The van der Waals surface area contributed by atoms with Gasteiger partial charge < -0.3 is 10.4 Å². The zero-order chi connectivity index (χ0) is 9.19. The number of carbonyl (C=O) groups is 1. The van der Waals surface area contributed by atoms with Crippen LogP contribution in [0.25, 0.3) is 0 Å². The quantitative estimate of drug-likeness (QED) is 0.296. The Labute approximate surface area is 71.5 Å². The second kappa shape index (κ2) is 3.28.